The van der Waals surface area contributed by atoms with Crippen LogP contribution in [0.1, 0.15) is 28.9 Å². The number of aromatic nitrogens is 2. The Morgan fingerprint density at radius 3 is 2.75 bits per heavy atom. The van der Waals surface area contributed by atoms with Crippen LogP contribution in [-0.2, 0) is 6.42 Å². The Morgan fingerprint density at radius 2 is 2.00 bits per heavy atom. The van der Waals surface area contributed by atoms with Crippen molar-refractivity contribution in [2.75, 3.05) is 19.7 Å². The van der Waals surface area contributed by atoms with Crippen LogP contribution in [-0.4, -0.2) is 45.0 Å². The highest BCUT2D eigenvalue weighted by Gasteiger charge is 2.37. The zero-order valence-electron chi connectivity index (χ0n) is 15.3. The van der Waals surface area contributed by atoms with E-state index in [1.807, 2.05) is 0 Å². The molecule has 3 heterocycles. The number of rotatable bonds is 4. The highest BCUT2D eigenvalue weighted by molar-refractivity contribution is 6.30. The van der Waals surface area contributed by atoms with Gasteiger partial charge < -0.3 is 14.4 Å². The van der Waals surface area contributed by atoms with Crippen molar-refractivity contribution >= 4 is 23.2 Å². The molecular formula is C21H21ClFN3O2. The molecule has 0 bridgehead atoms. The van der Waals surface area contributed by atoms with Crippen molar-refractivity contribution in [2.45, 2.75) is 19.3 Å². The van der Waals surface area contributed by atoms with Gasteiger partial charge >= 0.3 is 0 Å². The molecule has 5 nitrogen and oxygen atoms in total. The highest BCUT2D eigenvalue weighted by atomic mass is 35.5. The van der Waals surface area contributed by atoms with E-state index in [0.29, 0.717) is 35.9 Å². The van der Waals surface area contributed by atoms with Crippen molar-refractivity contribution in [2.24, 2.45) is 5.41 Å². The second kappa shape index (κ2) is 7.53. The Morgan fingerprint density at radius 1 is 1.21 bits per heavy atom. The SMILES string of the molecule is O=C(c1cn2cc(Cl)ccc2n1)N1CCC[C@@](CO)(Cc2ccc(F)cc2)C1. The molecule has 0 aliphatic carbocycles. The molecule has 1 aliphatic heterocycles. The fourth-order valence-electron chi connectivity index (χ4n) is 3.98. The van der Waals surface area contributed by atoms with Gasteiger partial charge in [-0.05, 0) is 49.1 Å². The van der Waals surface area contributed by atoms with Crippen LogP contribution in [0.4, 0.5) is 4.39 Å². The number of hydrogen-bond donors (Lipinski definition) is 1. The molecule has 0 saturated carbocycles. The summed E-state index contributed by atoms with van der Waals surface area (Å²) in [5.74, 6) is -0.439. The van der Waals surface area contributed by atoms with Crippen LogP contribution in [0.25, 0.3) is 5.65 Å². The van der Waals surface area contributed by atoms with Crippen LogP contribution in [0.5, 0.6) is 0 Å². The number of fused-ring (bicyclic) bond motifs is 1. The van der Waals surface area contributed by atoms with Crippen LogP contribution in [0.3, 0.4) is 0 Å². The van der Waals surface area contributed by atoms with Gasteiger partial charge in [0.05, 0.1) is 11.6 Å². The molecule has 146 valence electrons. The van der Waals surface area contributed by atoms with E-state index >= 15 is 0 Å². The smallest absolute Gasteiger partial charge is 0.274 e. The molecule has 2 aromatic heterocycles. The van der Waals surface area contributed by atoms with E-state index in [4.69, 9.17) is 11.6 Å². The third-order valence-corrected chi connectivity index (χ3v) is 5.63. The van der Waals surface area contributed by atoms with E-state index in [0.717, 1.165) is 18.4 Å². The number of carbonyl (C=O) groups is 1. The molecule has 1 N–H and O–H groups in total. The van der Waals surface area contributed by atoms with Gasteiger partial charge in [-0.3, -0.25) is 4.79 Å². The number of aliphatic hydroxyl groups is 1. The van der Waals surface area contributed by atoms with Gasteiger partial charge in [0.2, 0.25) is 0 Å². The number of carbonyl (C=O) groups excluding carboxylic acids is 1. The first-order chi connectivity index (χ1) is 13.5. The number of amides is 1. The average molecular weight is 402 g/mol. The second-order valence-corrected chi connectivity index (χ2v) is 7.97. The number of aliphatic hydroxyl groups excluding tert-OH is 1. The van der Waals surface area contributed by atoms with E-state index in [1.54, 1.807) is 46.0 Å². The highest BCUT2D eigenvalue weighted by Crippen LogP contribution is 2.34. The summed E-state index contributed by atoms with van der Waals surface area (Å²) in [5.41, 5.74) is 1.53. The number of likely N-dealkylation sites (tertiary alicyclic amines) is 1. The Bertz CT molecular complexity index is 1000. The predicted octanol–water partition coefficient (Wildman–Crippen LogP) is 3.58. The summed E-state index contributed by atoms with van der Waals surface area (Å²) in [5, 5.41) is 10.7. The summed E-state index contributed by atoms with van der Waals surface area (Å²) < 4.78 is 14.9. The lowest BCUT2D eigenvalue weighted by atomic mass is 9.75. The van der Waals surface area contributed by atoms with E-state index in [2.05, 4.69) is 4.98 Å². The molecule has 0 spiro atoms. The van der Waals surface area contributed by atoms with Crippen LogP contribution < -0.4 is 0 Å². The molecule has 1 aliphatic rings. The molecular weight excluding hydrogens is 381 g/mol. The second-order valence-electron chi connectivity index (χ2n) is 7.53. The van der Waals surface area contributed by atoms with E-state index in [9.17, 15) is 14.3 Å². The number of benzene rings is 1. The van der Waals surface area contributed by atoms with Gasteiger partial charge in [-0.2, -0.15) is 0 Å². The van der Waals surface area contributed by atoms with E-state index in [-0.39, 0.29) is 18.3 Å². The largest absolute Gasteiger partial charge is 0.396 e. The first-order valence-corrected chi connectivity index (χ1v) is 9.65. The fraction of sp³-hybridized carbons (Fsp3) is 0.333. The Labute approximate surface area is 167 Å². The number of halogens is 2. The maximum Gasteiger partial charge on any atom is 0.274 e. The van der Waals surface area contributed by atoms with Gasteiger partial charge in [0.15, 0.2) is 0 Å². The lowest BCUT2D eigenvalue weighted by Crippen LogP contribution is -2.49. The minimum absolute atomic E-state index is 0.0328. The first-order valence-electron chi connectivity index (χ1n) is 9.27. The summed E-state index contributed by atoms with van der Waals surface area (Å²) in [7, 11) is 0. The normalized spacial score (nSPS) is 19.9. The van der Waals surface area contributed by atoms with Crippen molar-refractivity contribution < 1.29 is 14.3 Å². The van der Waals surface area contributed by atoms with Gasteiger partial charge in [-0.15, -0.1) is 0 Å². The topological polar surface area (TPSA) is 57.8 Å². The van der Waals surface area contributed by atoms with Crippen LogP contribution in [0.15, 0.2) is 48.8 Å². The molecule has 0 radical (unpaired) electrons. The monoisotopic (exact) mass is 401 g/mol. The van der Waals surface area contributed by atoms with Gasteiger partial charge in [-0.25, -0.2) is 9.37 Å². The zero-order valence-corrected chi connectivity index (χ0v) is 16.1. The number of hydrogen-bond acceptors (Lipinski definition) is 3. The van der Waals surface area contributed by atoms with Crippen LogP contribution >= 0.6 is 11.6 Å². The summed E-state index contributed by atoms with van der Waals surface area (Å²) in [6, 6.07) is 9.82. The number of imidazole rings is 1. The van der Waals surface area contributed by atoms with Crippen molar-refractivity contribution in [1.82, 2.24) is 14.3 Å². The minimum atomic E-state index is -0.436. The van der Waals surface area contributed by atoms with Crippen molar-refractivity contribution in [3.8, 4) is 0 Å². The molecule has 1 aromatic carbocycles. The molecule has 4 rings (SSSR count). The maximum atomic E-state index is 13.2. The average Bonchev–Trinajstić information content (AvgIpc) is 3.12. The lowest BCUT2D eigenvalue weighted by Gasteiger charge is -2.41. The third-order valence-electron chi connectivity index (χ3n) is 5.41. The number of nitrogens with zero attached hydrogens (tertiary/aromatic N) is 3. The number of pyridine rings is 1. The molecule has 7 heteroatoms. The number of piperidine rings is 1. The molecule has 1 saturated heterocycles. The Hall–Kier alpha value is -2.44. The van der Waals surface area contributed by atoms with Gasteiger partial charge in [-0.1, -0.05) is 23.7 Å². The van der Waals surface area contributed by atoms with Crippen molar-refractivity contribution in [3.63, 3.8) is 0 Å². The predicted molar refractivity (Wildman–Crippen MR) is 105 cm³/mol. The molecule has 1 amide bonds. The molecule has 3 aromatic rings. The van der Waals surface area contributed by atoms with Crippen molar-refractivity contribution in [1.29, 1.82) is 0 Å². The molecule has 0 unspecified atom stereocenters. The molecule has 1 fully saturated rings. The molecule has 28 heavy (non-hydrogen) atoms. The van der Waals surface area contributed by atoms with Crippen LogP contribution in [0.2, 0.25) is 5.02 Å². The summed E-state index contributed by atoms with van der Waals surface area (Å²) in [6.07, 6.45) is 5.59. The maximum absolute atomic E-state index is 13.2. The third kappa shape index (κ3) is 3.75. The fourth-order valence-corrected chi connectivity index (χ4v) is 4.14. The lowest BCUT2D eigenvalue weighted by molar-refractivity contribution is 0.0268. The van der Waals surface area contributed by atoms with Crippen molar-refractivity contribution in [3.05, 3.63) is 70.9 Å². The Balaban J connectivity index is 1.55. The van der Waals surface area contributed by atoms with Gasteiger partial charge in [0, 0.05) is 30.9 Å². The summed E-state index contributed by atoms with van der Waals surface area (Å²) in [4.78, 5) is 19.2. The van der Waals surface area contributed by atoms with Gasteiger partial charge in [0.1, 0.15) is 17.2 Å². The van der Waals surface area contributed by atoms with Crippen LogP contribution in [0, 0.1) is 11.2 Å². The summed E-state index contributed by atoms with van der Waals surface area (Å²) >= 11 is 6.00. The quantitative estimate of drug-likeness (QED) is 0.727. The minimum Gasteiger partial charge on any atom is -0.396 e. The van der Waals surface area contributed by atoms with E-state index < -0.39 is 5.41 Å². The Kier molecular flexibility index (Phi) is 5.08. The van der Waals surface area contributed by atoms with Gasteiger partial charge in [0.25, 0.3) is 5.91 Å². The summed E-state index contributed by atoms with van der Waals surface area (Å²) in [6.45, 7) is 1.03. The molecule has 1 atom stereocenters. The van der Waals surface area contributed by atoms with E-state index in [1.165, 1.54) is 12.1 Å². The zero-order chi connectivity index (χ0) is 19.7. The first kappa shape index (κ1) is 18.9. The standard InChI is InChI=1S/C21H21ClFN3O2/c22-16-4-7-19-24-18(12-26(19)11-16)20(28)25-9-1-8-21(13-25,14-27)10-15-2-5-17(23)6-3-15/h2-7,11-12,27H,1,8-10,13-14H2/t21-/m1/s1.